The van der Waals surface area contributed by atoms with E-state index in [1.165, 1.54) is 12.4 Å². The van der Waals surface area contributed by atoms with E-state index >= 15 is 0 Å². The van der Waals surface area contributed by atoms with Crippen LogP contribution < -0.4 is 10.1 Å². The number of anilines is 1. The van der Waals surface area contributed by atoms with Crippen molar-refractivity contribution in [3.63, 3.8) is 0 Å². The molecule has 1 amide bonds. The lowest BCUT2D eigenvalue weighted by molar-refractivity contribution is -0.118. The highest BCUT2D eigenvalue weighted by molar-refractivity contribution is 7.32. The summed E-state index contributed by atoms with van der Waals surface area (Å²) in [7, 11) is -2.79. The quantitative estimate of drug-likeness (QED) is 0.365. The van der Waals surface area contributed by atoms with Gasteiger partial charge in [0, 0.05) is 28.0 Å². The van der Waals surface area contributed by atoms with Gasteiger partial charge in [-0.25, -0.2) is 4.98 Å². The van der Waals surface area contributed by atoms with Gasteiger partial charge in [0.2, 0.25) is 11.9 Å². The smallest absolute Gasteiger partial charge is 0.435 e. The van der Waals surface area contributed by atoms with Gasteiger partial charge >= 0.3 is 8.25 Å². The van der Waals surface area contributed by atoms with Crippen molar-refractivity contribution >= 4 is 54.5 Å². The Kier molecular flexibility index (Phi) is 7.85. The third kappa shape index (κ3) is 5.72. The van der Waals surface area contributed by atoms with Crippen LogP contribution in [-0.4, -0.2) is 42.5 Å². The van der Waals surface area contributed by atoms with Gasteiger partial charge in [0.25, 0.3) is 5.88 Å². The molecule has 3 heterocycles. The molecule has 3 aromatic rings. The fourth-order valence-electron chi connectivity index (χ4n) is 3.60. The molecule has 1 saturated heterocycles. The number of carbonyl (C=O) groups is 1. The Morgan fingerprint density at radius 2 is 2.14 bits per heavy atom. The lowest BCUT2D eigenvalue weighted by atomic mass is 10.1. The molecule has 0 spiro atoms. The van der Waals surface area contributed by atoms with Crippen LogP contribution in [-0.2, 0) is 18.6 Å². The fraction of sp³-hybridized carbons (Fsp3) is 0.429. The highest BCUT2D eigenvalue weighted by Crippen LogP contribution is 2.39. The minimum absolute atomic E-state index is 0.00220. The molecule has 0 aliphatic carbocycles. The van der Waals surface area contributed by atoms with Crippen LogP contribution in [0.15, 0.2) is 24.5 Å². The summed E-state index contributed by atoms with van der Waals surface area (Å²) in [4.78, 5) is 34.8. The van der Waals surface area contributed by atoms with E-state index in [0.29, 0.717) is 28.5 Å². The monoisotopic (exact) mass is 542 g/mol. The molecule has 14 heteroatoms. The van der Waals surface area contributed by atoms with Crippen molar-refractivity contribution in [3.05, 3.63) is 34.6 Å². The van der Waals surface area contributed by atoms with E-state index in [2.05, 4.69) is 20.3 Å². The Balaban J connectivity index is 1.76. The van der Waals surface area contributed by atoms with Crippen molar-refractivity contribution in [2.24, 2.45) is 5.92 Å². The molecule has 1 fully saturated rings. The number of aromatic nitrogens is 4. The zero-order chi connectivity index (χ0) is 25.3. The van der Waals surface area contributed by atoms with Gasteiger partial charge in [-0.05, 0) is 18.6 Å². The second kappa shape index (κ2) is 10.7. The summed E-state index contributed by atoms with van der Waals surface area (Å²) >= 11 is 12.3. The number of carbonyl (C=O) groups excluding carboxylic acids is 1. The van der Waals surface area contributed by atoms with Crippen LogP contribution in [0.2, 0.25) is 10.0 Å². The van der Waals surface area contributed by atoms with E-state index in [0.717, 1.165) is 0 Å². The number of benzene rings is 1. The number of ether oxygens (including phenoxy) is 2. The van der Waals surface area contributed by atoms with Crippen LogP contribution in [0.5, 0.6) is 11.6 Å². The lowest BCUT2D eigenvalue weighted by Gasteiger charge is -2.15. The maximum absolute atomic E-state index is 12.3. The second-order valence-corrected chi connectivity index (χ2v) is 9.68. The molecule has 2 aromatic heterocycles. The molecule has 1 aromatic carbocycles. The Labute approximate surface area is 211 Å². The molecule has 2 N–H and O–H groups in total. The van der Waals surface area contributed by atoms with E-state index in [1.807, 2.05) is 6.92 Å². The van der Waals surface area contributed by atoms with E-state index in [4.69, 9.17) is 37.2 Å². The summed E-state index contributed by atoms with van der Waals surface area (Å²) in [6.45, 7) is 5.37. The summed E-state index contributed by atoms with van der Waals surface area (Å²) in [5.41, 5.74) is 0.610. The molecule has 0 bridgehead atoms. The van der Waals surface area contributed by atoms with Crippen molar-refractivity contribution in [1.82, 2.24) is 19.5 Å². The Bertz CT molecular complexity index is 1270. The first kappa shape index (κ1) is 25.7. The average Bonchev–Trinajstić information content (AvgIpc) is 3.39. The highest BCUT2D eigenvalue weighted by atomic mass is 35.5. The largest absolute Gasteiger partial charge is 0.695 e. The van der Waals surface area contributed by atoms with Gasteiger partial charge in [-0.3, -0.25) is 14.7 Å². The second-order valence-electron chi connectivity index (χ2n) is 8.15. The van der Waals surface area contributed by atoms with Crippen LogP contribution >= 0.6 is 31.5 Å². The molecule has 4 atom stereocenters. The van der Waals surface area contributed by atoms with Gasteiger partial charge in [0.15, 0.2) is 11.2 Å². The summed E-state index contributed by atoms with van der Waals surface area (Å²) < 4.78 is 30.0. The van der Waals surface area contributed by atoms with Gasteiger partial charge in [-0.15, -0.1) is 9.42 Å². The zero-order valence-corrected chi connectivity index (χ0v) is 21.4. The molecule has 1 aliphatic rings. The number of nitrogens with zero attached hydrogens (tertiary/aromatic N) is 4. The summed E-state index contributed by atoms with van der Waals surface area (Å²) in [6.07, 6.45) is 0.795. The maximum Gasteiger partial charge on any atom is 0.695 e. The predicted molar refractivity (Wildman–Crippen MR) is 129 cm³/mol. The number of fused-ring (bicyclic) bond motifs is 1. The highest BCUT2D eigenvalue weighted by Gasteiger charge is 2.42. The lowest BCUT2D eigenvalue weighted by Crippen LogP contribution is -2.21. The molecular weight excluding hydrogens is 520 g/mol. The molecule has 35 heavy (non-hydrogen) atoms. The van der Waals surface area contributed by atoms with Gasteiger partial charge in [-0.1, -0.05) is 44.0 Å². The molecule has 11 nitrogen and oxygen atoms in total. The third-order valence-corrected chi connectivity index (χ3v) is 6.37. The first-order chi connectivity index (χ1) is 16.7. The molecule has 1 aliphatic heterocycles. The van der Waals surface area contributed by atoms with Crippen LogP contribution in [0.3, 0.4) is 0 Å². The molecule has 0 saturated carbocycles. The fourth-order valence-corrected chi connectivity index (χ4v) is 4.37. The summed E-state index contributed by atoms with van der Waals surface area (Å²) in [5, 5.41) is 3.38. The normalized spacial score (nSPS) is 20.4. The van der Waals surface area contributed by atoms with Crippen LogP contribution in [0.25, 0.3) is 11.2 Å². The molecule has 0 radical (unpaired) electrons. The standard InChI is InChI=1S/C21H22Cl2N5O6P/c1-4-13-15(34-35(30)31)8-16(32-13)28-9-24-17-18(28)25-21(26-19(29)10(2)3)27-20(17)33-14-7-11(22)5-6-12(14)23/h5-7,9-10,13,15-16H,4,8H2,1-3H3,(H-,25,26,27,29,30,31)/p+1/t13-,15?,16-/m1/s1. The number of hydrogen-bond donors (Lipinski definition) is 2. The van der Waals surface area contributed by atoms with Crippen LogP contribution in [0.1, 0.15) is 39.8 Å². The minimum atomic E-state index is -2.79. The molecule has 186 valence electrons. The Morgan fingerprint density at radius 3 is 2.83 bits per heavy atom. The van der Waals surface area contributed by atoms with Crippen LogP contribution in [0.4, 0.5) is 5.95 Å². The minimum Gasteiger partial charge on any atom is -0.435 e. The maximum atomic E-state index is 12.3. The van der Waals surface area contributed by atoms with E-state index < -0.39 is 26.7 Å². The van der Waals surface area contributed by atoms with Crippen molar-refractivity contribution in [1.29, 1.82) is 0 Å². The van der Waals surface area contributed by atoms with Gasteiger partial charge in [0.05, 0.1) is 17.5 Å². The predicted octanol–water partition coefficient (Wildman–Crippen LogP) is 5.25. The number of halogens is 2. The number of amides is 1. The average molecular weight is 543 g/mol. The molecular formula is C21H23Cl2N5O6P+. The molecule has 2 unspecified atom stereocenters. The first-order valence-electron chi connectivity index (χ1n) is 10.8. The van der Waals surface area contributed by atoms with Gasteiger partial charge in [0.1, 0.15) is 18.1 Å². The number of rotatable bonds is 8. The zero-order valence-electron chi connectivity index (χ0n) is 19.0. The number of hydrogen-bond acceptors (Lipinski definition) is 8. The van der Waals surface area contributed by atoms with Crippen molar-refractivity contribution in [2.45, 2.75) is 52.0 Å². The Hall–Kier alpha value is -2.40. The van der Waals surface area contributed by atoms with Gasteiger partial charge < -0.3 is 9.47 Å². The summed E-state index contributed by atoms with van der Waals surface area (Å²) in [5.74, 6) is -0.299. The Morgan fingerprint density at radius 1 is 1.37 bits per heavy atom. The molecule has 4 rings (SSSR count). The topological polar surface area (TPSA) is 138 Å². The van der Waals surface area contributed by atoms with Crippen molar-refractivity contribution < 1.29 is 28.3 Å². The van der Waals surface area contributed by atoms with Crippen LogP contribution in [0, 0.1) is 5.92 Å². The van der Waals surface area contributed by atoms with Crippen molar-refractivity contribution in [3.8, 4) is 11.6 Å². The van der Waals surface area contributed by atoms with E-state index in [-0.39, 0.29) is 34.9 Å². The first-order valence-corrected chi connectivity index (χ1v) is 12.7. The van der Waals surface area contributed by atoms with Crippen molar-refractivity contribution in [2.75, 3.05) is 5.32 Å². The van der Waals surface area contributed by atoms with Gasteiger partial charge in [-0.2, -0.15) is 9.97 Å². The summed E-state index contributed by atoms with van der Waals surface area (Å²) in [6, 6.07) is 4.74. The SMILES string of the molecule is CC[C@H]1O[C@@H](n2cnc3c(Oc4cc(Cl)ccc4Cl)nc(NC(=O)C(C)C)nc32)CC1O[P+](=O)O. The van der Waals surface area contributed by atoms with E-state index in [1.54, 1.807) is 30.5 Å². The van der Waals surface area contributed by atoms with E-state index in [9.17, 15) is 14.3 Å². The third-order valence-electron chi connectivity index (χ3n) is 5.37. The number of nitrogens with one attached hydrogen (secondary N) is 1. The number of imidazole rings is 1.